The zero-order valence-electron chi connectivity index (χ0n) is 12.9. The molecule has 1 aromatic carbocycles. The van der Waals surface area contributed by atoms with Crippen molar-refractivity contribution in [3.05, 3.63) is 52.0 Å². The van der Waals surface area contributed by atoms with Gasteiger partial charge in [-0.25, -0.2) is 4.98 Å². The molecule has 0 saturated heterocycles. The highest BCUT2D eigenvalue weighted by Gasteiger charge is 2.09. The summed E-state index contributed by atoms with van der Waals surface area (Å²) in [6, 6.07) is 10.6. The Morgan fingerprint density at radius 3 is 2.68 bits per heavy atom. The maximum absolute atomic E-state index is 5.73. The summed E-state index contributed by atoms with van der Waals surface area (Å²) in [4.78, 5) is 8.00. The molecule has 22 heavy (non-hydrogen) atoms. The molecule has 0 radical (unpaired) electrons. The number of hydrogen-bond donors (Lipinski definition) is 1. The first kappa shape index (κ1) is 19.1. The predicted octanol–water partition coefficient (Wildman–Crippen LogP) is 2.71. The molecule has 0 amide bonds. The van der Waals surface area contributed by atoms with E-state index in [2.05, 4.69) is 34.1 Å². The van der Waals surface area contributed by atoms with Crippen LogP contribution in [-0.4, -0.2) is 36.6 Å². The Morgan fingerprint density at radius 1 is 1.23 bits per heavy atom. The Kier molecular flexibility index (Phi) is 9.27. The fourth-order valence-electron chi connectivity index (χ4n) is 2.21. The van der Waals surface area contributed by atoms with Crippen LogP contribution in [0.15, 0.2) is 36.5 Å². The molecular formula is C16H24ClN3OS. The minimum atomic E-state index is 0. The normalized spacial score (nSPS) is 10.7. The molecule has 0 aliphatic heterocycles. The molecule has 0 unspecified atom stereocenters. The molecule has 122 valence electrons. The van der Waals surface area contributed by atoms with Gasteiger partial charge >= 0.3 is 0 Å². The van der Waals surface area contributed by atoms with Gasteiger partial charge in [0.1, 0.15) is 5.01 Å². The first-order valence-electron chi connectivity index (χ1n) is 7.20. The quantitative estimate of drug-likeness (QED) is 0.762. The highest BCUT2D eigenvalue weighted by molar-refractivity contribution is 7.11. The highest BCUT2D eigenvalue weighted by atomic mass is 35.5. The van der Waals surface area contributed by atoms with Crippen LogP contribution in [0, 0.1) is 0 Å². The predicted molar refractivity (Wildman–Crippen MR) is 94.6 cm³/mol. The number of halogens is 1. The van der Waals surface area contributed by atoms with Crippen molar-refractivity contribution in [2.45, 2.75) is 19.6 Å². The molecule has 6 heteroatoms. The van der Waals surface area contributed by atoms with Crippen molar-refractivity contribution in [2.24, 2.45) is 5.73 Å². The lowest BCUT2D eigenvalue weighted by molar-refractivity contribution is 0.187. The Hall–Kier alpha value is -0.980. The minimum Gasteiger partial charge on any atom is -0.379 e. The average Bonchev–Trinajstić information content (AvgIpc) is 2.94. The Morgan fingerprint density at radius 2 is 2.00 bits per heavy atom. The second kappa shape index (κ2) is 10.7. The van der Waals surface area contributed by atoms with Crippen LogP contribution in [-0.2, 0) is 24.3 Å². The first-order valence-corrected chi connectivity index (χ1v) is 8.02. The number of aromatic nitrogens is 1. The van der Waals surface area contributed by atoms with Gasteiger partial charge in [0.05, 0.1) is 18.0 Å². The van der Waals surface area contributed by atoms with Crippen molar-refractivity contribution in [1.29, 1.82) is 0 Å². The van der Waals surface area contributed by atoms with Crippen LogP contribution in [0.3, 0.4) is 0 Å². The molecule has 1 aromatic heterocycles. The second-order valence-corrected chi connectivity index (χ2v) is 6.15. The third kappa shape index (κ3) is 6.42. The van der Waals surface area contributed by atoms with Crippen LogP contribution in [0.1, 0.15) is 15.4 Å². The van der Waals surface area contributed by atoms with Gasteiger partial charge in [-0.3, -0.25) is 4.90 Å². The molecule has 0 aliphatic carbocycles. The standard InChI is InChI=1S/C16H23N3OS.ClH/c1-20-13-15-11-18-16(21-15)12-19(10-8-17)9-7-14-5-3-2-4-6-14;/h2-6,11H,7-10,12-13,17H2,1H3;1H. The smallest absolute Gasteiger partial charge is 0.107 e. The summed E-state index contributed by atoms with van der Waals surface area (Å²) in [7, 11) is 1.71. The van der Waals surface area contributed by atoms with Crippen molar-refractivity contribution < 1.29 is 4.74 Å². The Labute approximate surface area is 142 Å². The molecule has 2 rings (SSSR count). The van der Waals surface area contributed by atoms with Gasteiger partial charge in [-0.15, -0.1) is 23.7 Å². The Balaban J connectivity index is 0.00000242. The number of rotatable bonds is 9. The van der Waals surface area contributed by atoms with E-state index < -0.39 is 0 Å². The summed E-state index contributed by atoms with van der Waals surface area (Å²) in [5.41, 5.74) is 7.09. The lowest BCUT2D eigenvalue weighted by Gasteiger charge is -2.20. The summed E-state index contributed by atoms with van der Waals surface area (Å²) in [5, 5.41) is 1.13. The third-order valence-electron chi connectivity index (χ3n) is 3.25. The molecule has 0 aliphatic rings. The van der Waals surface area contributed by atoms with E-state index in [1.165, 1.54) is 10.4 Å². The topological polar surface area (TPSA) is 51.4 Å². The highest BCUT2D eigenvalue weighted by Crippen LogP contribution is 2.16. The van der Waals surface area contributed by atoms with Crippen LogP contribution in [0.25, 0.3) is 0 Å². The van der Waals surface area contributed by atoms with E-state index in [-0.39, 0.29) is 12.4 Å². The average molecular weight is 342 g/mol. The summed E-state index contributed by atoms with van der Waals surface area (Å²) >= 11 is 1.71. The SMILES string of the molecule is COCc1cnc(CN(CCN)CCc2ccccc2)s1.Cl. The lowest BCUT2D eigenvalue weighted by Crippen LogP contribution is -2.31. The number of nitrogens with zero attached hydrogens (tertiary/aromatic N) is 2. The molecule has 0 saturated carbocycles. The number of benzene rings is 1. The van der Waals surface area contributed by atoms with Crippen molar-refractivity contribution in [2.75, 3.05) is 26.7 Å². The van der Waals surface area contributed by atoms with Crippen molar-refractivity contribution in [3.63, 3.8) is 0 Å². The zero-order valence-corrected chi connectivity index (χ0v) is 14.5. The van der Waals surface area contributed by atoms with Crippen molar-refractivity contribution in [1.82, 2.24) is 9.88 Å². The van der Waals surface area contributed by atoms with E-state index in [1.807, 2.05) is 12.3 Å². The molecule has 0 spiro atoms. The van der Waals surface area contributed by atoms with Gasteiger partial charge in [-0.05, 0) is 12.0 Å². The van der Waals surface area contributed by atoms with E-state index >= 15 is 0 Å². The summed E-state index contributed by atoms with van der Waals surface area (Å²) in [6.07, 6.45) is 2.94. The number of thiazole rings is 1. The van der Waals surface area contributed by atoms with Crippen LogP contribution < -0.4 is 5.73 Å². The van der Waals surface area contributed by atoms with Crippen molar-refractivity contribution in [3.8, 4) is 0 Å². The molecular weight excluding hydrogens is 318 g/mol. The molecule has 4 nitrogen and oxygen atoms in total. The molecule has 2 aromatic rings. The Bertz CT molecular complexity index is 521. The number of hydrogen-bond acceptors (Lipinski definition) is 5. The molecule has 1 heterocycles. The van der Waals surface area contributed by atoms with Crippen molar-refractivity contribution >= 4 is 23.7 Å². The summed E-state index contributed by atoms with van der Waals surface area (Å²) < 4.78 is 5.14. The van der Waals surface area contributed by atoms with Gasteiger partial charge in [-0.1, -0.05) is 30.3 Å². The largest absolute Gasteiger partial charge is 0.379 e. The van der Waals surface area contributed by atoms with E-state index in [4.69, 9.17) is 10.5 Å². The van der Waals surface area contributed by atoms with Gasteiger partial charge in [-0.2, -0.15) is 0 Å². The fourth-order valence-corrected chi connectivity index (χ4v) is 3.14. The monoisotopic (exact) mass is 341 g/mol. The van der Waals surface area contributed by atoms with Crippen LogP contribution >= 0.6 is 23.7 Å². The fraction of sp³-hybridized carbons (Fsp3) is 0.438. The number of methoxy groups -OCH3 is 1. The molecule has 0 atom stereocenters. The van der Waals surface area contributed by atoms with E-state index in [0.29, 0.717) is 13.2 Å². The van der Waals surface area contributed by atoms with Gasteiger partial charge in [0, 0.05) is 32.9 Å². The van der Waals surface area contributed by atoms with Gasteiger partial charge < -0.3 is 10.5 Å². The molecule has 0 bridgehead atoms. The molecule has 0 fully saturated rings. The van der Waals surface area contributed by atoms with Gasteiger partial charge in [0.25, 0.3) is 0 Å². The van der Waals surface area contributed by atoms with E-state index in [0.717, 1.165) is 31.1 Å². The maximum atomic E-state index is 5.73. The third-order valence-corrected chi connectivity index (χ3v) is 4.21. The van der Waals surface area contributed by atoms with Crippen LogP contribution in [0.5, 0.6) is 0 Å². The summed E-state index contributed by atoms with van der Waals surface area (Å²) in [5.74, 6) is 0. The lowest BCUT2D eigenvalue weighted by atomic mass is 10.1. The first-order chi connectivity index (χ1) is 10.3. The minimum absolute atomic E-state index is 0. The van der Waals surface area contributed by atoms with Crippen LogP contribution in [0.4, 0.5) is 0 Å². The van der Waals surface area contributed by atoms with E-state index in [1.54, 1.807) is 18.4 Å². The molecule has 2 N–H and O–H groups in total. The van der Waals surface area contributed by atoms with Gasteiger partial charge in [0.15, 0.2) is 0 Å². The zero-order chi connectivity index (χ0) is 14.9. The number of ether oxygens (including phenoxy) is 1. The summed E-state index contributed by atoms with van der Waals surface area (Å²) in [6.45, 7) is 4.06. The number of nitrogens with two attached hydrogens (primary N) is 1. The van der Waals surface area contributed by atoms with E-state index in [9.17, 15) is 0 Å². The second-order valence-electron chi connectivity index (χ2n) is 4.95. The maximum Gasteiger partial charge on any atom is 0.107 e. The van der Waals surface area contributed by atoms with Gasteiger partial charge in [0.2, 0.25) is 0 Å². The van der Waals surface area contributed by atoms with Crippen LogP contribution in [0.2, 0.25) is 0 Å².